The van der Waals surface area contributed by atoms with Gasteiger partial charge in [-0.3, -0.25) is 39.2 Å². The van der Waals surface area contributed by atoms with E-state index in [1.165, 1.54) is 75.6 Å². The fourth-order valence-electron chi connectivity index (χ4n) is 6.61. The van der Waals surface area contributed by atoms with E-state index < -0.39 is 29.4 Å². The number of aromatic nitrogens is 6. The first-order chi connectivity index (χ1) is 32.4. The number of aryl methyl sites for hydroxylation is 1. The van der Waals surface area contributed by atoms with Gasteiger partial charge in [0, 0.05) is 33.9 Å². The molecule has 2 fully saturated rings. The maximum absolute atomic E-state index is 14.9. The number of aromatic amines is 2. The first-order valence-electron chi connectivity index (χ1n) is 20.3. The number of hydrogen-bond acceptors (Lipinski definition) is 14. The van der Waals surface area contributed by atoms with Gasteiger partial charge in [-0.2, -0.15) is 10.2 Å². The van der Waals surface area contributed by atoms with Gasteiger partial charge in [-0.1, -0.05) is 17.7 Å². The zero-order chi connectivity index (χ0) is 49.4. The molecule has 4 heterocycles. The van der Waals surface area contributed by atoms with E-state index in [9.17, 15) is 28.0 Å². The Balaban J connectivity index is 0.000000226. The number of allylic oxidation sites excluding steroid dienone is 1. The Hall–Kier alpha value is -7.86. The highest BCUT2D eigenvalue weighted by atomic mass is 32.1. The lowest BCUT2D eigenvalue weighted by molar-refractivity contribution is -0.133. The van der Waals surface area contributed by atoms with E-state index in [0.29, 0.717) is 34.0 Å². The van der Waals surface area contributed by atoms with Gasteiger partial charge in [-0.05, 0) is 97.5 Å². The lowest BCUT2D eigenvalue weighted by Crippen LogP contribution is -2.40. The normalized spacial score (nSPS) is 14.9. The molecule has 0 unspecified atom stereocenters. The van der Waals surface area contributed by atoms with Crippen molar-refractivity contribution < 1.29 is 46.9 Å². The molecule has 0 radical (unpaired) electrons. The molecule has 0 aliphatic carbocycles. The van der Waals surface area contributed by atoms with E-state index in [4.69, 9.17) is 43.4 Å². The fourth-order valence-corrected chi connectivity index (χ4v) is 7.10. The van der Waals surface area contributed by atoms with Crippen LogP contribution in [0.3, 0.4) is 0 Å². The molecule has 0 bridgehead atoms. The molecule has 0 spiro atoms. The largest absolute Gasteiger partial charge is 0.493 e. The molecule has 356 valence electrons. The van der Waals surface area contributed by atoms with Crippen LogP contribution in [0.2, 0.25) is 0 Å². The van der Waals surface area contributed by atoms with E-state index in [1.54, 1.807) is 53.3 Å². The number of halogens is 2. The molecule has 2 aliphatic rings. The van der Waals surface area contributed by atoms with Gasteiger partial charge in [0.25, 0.3) is 11.8 Å². The molecule has 0 atom stereocenters. The Kier molecular flexibility index (Phi) is 15.8. The molecule has 2 aromatic heterocycles. The third-order valence-corrected chi connectivity index (χ3v) is 11.3. The minimum atomic E-state index is -0.689. The average molecular weight is 973 g/mol. The highest BCUT2D eigenvalue weighted by molar-refractivity contribution is 7.80. The summed E-state index contributed by atoms with van der Waals surface area (Å²) in [6.45, 7) is 3.10. The standard InChI is InChI=1S/C24H23FN6O4S.C20H23FN6O4S/c1-14-4-6-16(7-5-14)28-21(32)11-31-23(33)18(30(2)24(31)36)9-15-8-17(25)22(19(10-15)34-3)35-12-20-26-13-27-29-20;1-11(17-19(29)27(20(32)26(17)4)8-16(28)25(2)3)12-6-13(21)18(14(7-12)30-5)31-9-15-22-10-23-24-15/h4-10,13H,11-12H2,1-3H3,(H,28,32)(H,26,27,29);6-7,10H,8-9H2,1-5H3,(H,22,23,24)/b18-9-;17-11-. The summed E-state index contributed by atoms with van der Waals surface area (Å²) in [5, 5.41) is 15.8. The van der Waals surface area contributed by atoms with Crippen molar-refractivity contribution in [3.63, 3.8) is 0 Å². The molecule has 24 heteroatoms. The second kappa shape index (κ2) is 21.6. The third kappa shape index (κ3) is 11.2. The highest BCUT2D eigenvalue weighted by Crippen LogP contribution is 2.37. The summed E-state index contributed by atoms with van der Waals surface area (Å²) in [5.74, 6) is -2.02. The van der Waals surface area contributed by atoms with Crippen LogP contribution in [0.25, 0.3) is 11.6 Å². The van der Waals surface area contributed by atoms with Crippen LogP contribution in [0.4, 0.5) is 14.5 Å². The van der Waals surface area contributed by atoms with Crippen molar-refractivity contribution in [3.05, 3.63) is 113 Å². The molecule has 2 saturated heterocycles. The van der Waals surface area contributed by atoms with Gasteiger partial charge >= 0.3 is 0 Å². The van der Waals surface area contributed by atoms with Crippen LogP contribution >= 0.6 is 24.4 Å². The second-order valence-electron chi connectivity index (χ2n) is 15.1. The lowest BCUT2D eigenvalue weighted by atomic mass is 10.0. The summed E-state index contributed by atoms with van der Waals surface area (Å²) in [6.07, 6.45) is 4.11. The minimum absolute atomic E-state index is 0.0307. The fraction of sp³-hybridized carbons (Fsp3) is 0.273. The van der Waals surface area contributed by atoms with Crippen molar-refractivity contribution in [3.8, 4) is 23.0 Å². The first kappa shape index (κ1) is 49.6. The Morgan fingerprint density at radius 2 is 1.34 bits per heavy atom. The Labute approximate surface area is 399 Å². The SMILES string of the molecule is COc1cc(/C(C)=C2/C(=O)N(CC(=O)N(C)C)C(=S)N2C)cc(F)c1OCc1ncn[nH]1.COc1cc(/C=C2/C(=O)N(CC(=O)Nc3ccc(C)cc3)C(=S)N2C)cc(F)c1OCc1ncn[nH]1. The van der Waals surface area contributed by atoms with Crippen molar-refractivity contribution in [2.24, 2.45) is 0 Å². The van der Waals surface area contributed by atoms with E-state index >= 15 is 0 Å². The van der Waals surface area contributed by atoms with E-state index in [1.807, 2.05) is 19.1 Å². The Bertz CT molecular complexity index is 2790. The van der Waals surface area contributed by atoms with Crippen molar-refractivity contribution in [1.82, 2.24) is 54.9 Å². The van der Waals surface area contributed by atoms with Crippen LogP contribution in [-0.2, 0) is 32.4 Å². The first-order valence-corrected chi connectivity index (χ1v) is 21.1. The maximum Gasteiger partial charge on any atom is 0.277 e. The number of hydrogen-bond donors (Lipinski definition) is 3. The molecule has 7 rings (SSSR count). The van der Waals surface area contributed by atoms with Crippen molar-refractivity contribution in [2.45, 2.75) is 27.1 Å². The van der Waals surface area contributed by atoms with Crippen LogP contribution in [0, 0.1) is 18.6 Å². The van der Waals surface area contributed by atoms with E-state index in [2.05, 4.69) is 35.7 Å². The zero-order valence-electron chi connectivity index (χ0n) is 38.0. The molecular weight excluding hydrogens is 927 g/mol. The summed E-state index contributed by atoms with van der Waals surface area (Å²) >= 11 is 10.7. The van der Waals surface area contributed by atoms with Gasteiger partial charge in [-0.15, -0.1) is 0 Å². The second-order valence-corrected chi connectivity index (χ2v) is 15.9. The number of carbonyl (C=O) groups is 4. The molecule has 20 nitrogen and oxygen atoms in total. The van der Waals surface area contributed by atoms with Gasteiger partial charge in [0.2, 0.25) is 11.8 Å². The van der Waals surface area contributed by atoms with Gasteiger partial charge < -0.3 is 39.0 Å². The summed E-state index contributed by atoms with van der Waals surface area (Å²) in [7, 11) is 9.19. The van der Waals surface area contributed by atoms with Crippen LogP contribution in [-0.4, -0.2) is 144 Å². The van der Waals surface area contributed by atoms with Crippen molar-refractivity contribution >= 4 is 75.6 Å². The van der Waals surface area contributed by atoms with Crippen molar-refractivity contribution in [1.29, 1.82) is 0 Å². The van der Waals surface area contributed by atoms with Crippen LogP contribution in [0.15, 0.2) is 72.6 Å². The lowest BCUT2D eigenvalue weighted by Gasteiger charge is -2.18. The molecule has 5 aromatic rings. The molecule has 3 N–H and O–H groups in total. The number of ether oxygens (including phenoxy) is 4. The minimum Gasteiger partial charge on any atom is -0.493 e. The molecule has 4 amide bonds. The number of benzene rings is 3. The van der Waals surface area contributed by atoms with Gasteiger partial charge in [0.1, 0.15) is 50.4 Å². The van der Waals surface area contributed by atoms with Crippen LogP contribution in [0.5, 0.6) is 23.0 Å². The number of anilines is 1. The smallest absolute Gasteiger partial charge is 0.277 e. The molecule has 3 aromatic carbocycles. The molecular formula is C44H46F2N12O8S2. The quantitative estimate of drug-likeness (QED) is 0.0986. The van der Waals surface area contributed by atoms with E-state index in [-0.39, 0.29) is 76.8 Å². The number of thiocarbonyl (C=S) groups is 2. The molecule has 2 aliphatic heterocycles. The summed E-state index contributed by atoms with van der Waals surface area (Å²) in [6, 6.07) is 12.8. The van der Waals surface area contributed by atoms with Gasteiger partial charge in [-0.25, -0.2) is 18.7 Å². The van der Waals surface area contributed by atoms with Gasteiger partial charge in [0.15, 0.2) is 56.5 Å². The maximum atomic E-state index is 14.9. The molecule has 68 heavy (non-hydrogen) atoms. The van der Waals surface area contributed by atoms with E-state index in [0.717, 1.165) is 5.56 Å². The van der Waals surface area contributed by atoms with Gasteiger partial charge in [0.05, 0.1) is 14.2 Å². The topological polar surface area (TPSA) is 217 Å². The summed E-state index contributed by atoms with van der Waals surface area (Å²) in [5.41, 5.74) is 3.32. The zero-order valence-corrected chi connectivity index (χ0v) is 39.7. The number of methoxy groups -OCH3 is 2. The number of carbonyl (C=O) groups excluding carboxylic acids is 4. The third-order valence-electron chi connectivity index (χ3n) is 10.3. The number of H-pyrrole nitrogens is 2. The average Bonchev–Trinajstić information content (AvgIpc) is 4.12. The van der Waals surface area contributed by atoms with Crippen LogP contribution in [0.1, 0.15) is 35.3 Å². The number of rotatable bonds is 15. The highest BCUT2D eigenvalue weighted by Gasteiger charge is 2.39. The number of nitrogens with zero attached hydrogens (tertiary/aromatic N) is 9. The predicted octanol–water partition coefficient (Wildman–Crippen LogP) is 4.29. The summed E-state index contributed by atoms with van der Waals surface area (Å²) in [4.78, 5) is 65.4. The number of amides is 4. The monoisotopic (exact) mass is 972 g/mol. The Morgan fingerprint density at radius 3 is 1.88 bits per heavy atom. The van der Waals surface area contributed by atoms with Crippen molar-refractivity contribution in [2.75, 3.05) is 60.8 Å². The Morgan fingerprint density at radius 1 is 0.794 bits per heavy atom. The summed E-state index contributed by atoms with van der Waals surface area (Å²) < 4.78 is 51.4. The number of likely N-dealkylation sites (N-methyl/N-ethyl adjacent to an activating group) is 3. The van der Waals surface area contributed by atoms with Crippen LogP contribution < -0.4 is 24.3 Å². The molecule has 0 saturated carbocycles. The predicted molar refractivity (Wildman–Crippen MR) is 251 cm³/mol. The number of nitrogens with one attached hydrogen (secondary N) is 3.